The third-order valence-electron chi connectivity index (χ3n) is 4.30. The summed E-state index contributed by atoms with van der Waals surface area (Å²) in [6.45, 7) is 1.98. The van der Waals surface area contributed by atoms with E-state index in [1.54, 1.807) is 12.1 Å². The average Bonchev–Trinajstić information content (AvgIpc) is 2.76. The molecule has 9 nitrogen and oxygen atoms in total. The van der Waals surface area contributed by atoms with Crippen LogP contribution in [0.4, 0.5) is 23.3 Å². The van der Waals surface area contributed by atoms with Gasteiger partial charge in [-0.3, -0.25) is 4.79 Å². The van der Waals surface area contributed by atoms with Crippen LogP contribution in [0.3, 0.4) is 0 Å². The van der Waals surface area contributed by atoms with E-state index in [4.69, 9.17) is 26.8 Å². The Balaban J connectivity index is 1.60. The minimum Gasteiger partial charge on any atom is -0.495 e. The number of amides is 1. The van der Waals surface area contributed by atoms with Gasteiger partial charge in [0.1, 0.15) is 17.3 Å². The van der Waals surface area contributed by atoms with Crippen LogP contribution in [0.2, 0.25) is 5.02 Å². The van der Waals surface area contributed by atoms with E-state index < -0.39 is 0 Å². The number of nitrogens with zero attached hydrogens (tertiary/aromatic N) is 3. The molecule has 0 unspecified atom stereocenters. The van der Waals surface area contributed by atoms with E-state index in [0.29, 0.717) is 39.7 Å². The van der Waals surface area contributed by atoms with Gasteiger partial charge in [-0.15, -0.1) is 11.8 Å². The number of para-hydroxylation sites is 1. The highest BCUT2D eigenvalue weighted by Gasteiger charge is 2.13. The van der Waals surface area contributed by atoms with Gasteiger partial charge in [0, 0.05) is 17.8 Å². The van der Waals surface area contributed by atoms with Crippen molar-refractivity contribution in [3.05, 3.63) is 52.8 Å². The Hall–Kier alpha value is -3.24. The summed E-state index contributed by atoms with van der Waals surface area (Å²) in [6, 6.07) is 11.0. The molecule has 32 heavy (non-hydrogen) atoms. The fraction of sp³-hybridized carbons (Fsp3) is 0.238. The van der Waals surface area contributed by atoms with Gasteiger partial charge < -0.3 is 25.8 Å². The number of carbonyl (C=O) groups is 1. The first kappa shape index (κ1) is 23.4. The molecule has 0 aliphatic carbocycles. The monoisotopic (exact) mass is 474 g/mol. The number of halogens is 1. The first-order chi connectivity index (χ1) is 15.4. The van der Waals surface area contributed by atoms with Crippen molar-refractivity contribution >= 4 is 52.5 Å². The van der Waals surface area contributed by atoms with Crippen LogP contribution in [-0.2, 0) is 10.5 Å². The van der Waals surface area contributed by atoms with Crippen molar-refractivity contribution in [1.82, 2.24) is 15.0 Å². The predicted molar refractivity (Wildman–Crippen MR) is 128 cm³/mol. The van der Waals surface area contributed by atoms with Crippen LogP contribution in [0, 0.1) is 6.92 Å². The molecular formula is C21H23ClN6O3S. The van der Waals surface area contributed by atoms with Gasteiger partial charge >= 0.3 is 0 Å². The summed E-state index contributed by atoms with van der Waals surface area (Å²) >= 11 is 7.44. The van der Waals surface area contributed by atoms with Gasteiger partial charge in [-0.2, -0.15) is 15.0 Å². The molecule has 1 amide bonds. The number of benzene rings is 2. The first-order valence-electron chi connectivity index (χ1n) is 9.51. The van der Waals surface area contributed by atoms with Gasteiger partial charge in [0.25, 0.3) is 0 Å². The normalized spacial score (nSPS) is 10.5. The summed E-state index contributed by atoms with van der Waals surface area (Å²) in [5.41, 5.74) is 8.22. The summed E-state index contributed by atoms with van der Waals surface area (Å²) in [5, 5.41) is 6.33. The quantitative estimate of drug-likeness (QED) is 0.421. The van der Waals surface area contributed by atoms with E-state index in [9.17, 15) is 4.79 Å². The maximum Gasteiger partial charge on any atom is 0.234 e. The van der Waals surface area contributed by atoms with Crippen molar-refractivity contribution in [2.75, 3.05) is 36.3 Å². The highest BCUT2D eigenvalue weighted by Crippen LogP contribution is 2.36. The second-order valence-electron chi connectivity index (χ2n) is 6.60. The third kappa shape index (κ3) is 6.14. The second kappa shape index (κ2) is 10.9. The lowest BCUT2D eigenvalue weighted by atomic mass is 10.2. The van der Waals surface area contributed by atoms with Gasteiger partial charge in [0.15, 0.2) is 0 Å². The number of nitrogen functional groups attached to an aromatic ring is 1. The number of hydrogen-bond acceptors (Lipinski definition) is 9. The fourth-order valence-electron chi connectivity index (χ4n) is 2.77. The highest BCUT2D eigenvalue weighted by molar-refractivity contribution is 7.99. The second-order valence-corrected chi connectivity index (χ2v) is 7.99. The molecule has 0 spiro atoms. The van der Waals surface area contributed by atoms with E-state index >= 15 is 0 Å². The Kier molecular flexibility index (Phi) is 7.96. The van der Waals surface area contributed by atoms with E-state index in [1.165, 1.54) is 26.0 Å². The number of rotatable bonds is 9. The molecule has 0 saturated heterocycles. The average molecular weight is 475 g/mol. The van der Waals surface area contributed by atoms with Crippen molar-refractivity contribution in [3.63, 3.8) is 0 Å². The lowest BCUT2D eigenvalue weighted by Gasteiger charge is -2.13. The van der Waals surface area contributed by atoms with E-state index in [0.717, 1.165) is 11.3 Å². The number of hydrogen-bond donors (Lipinski definition) is 3. The number of anilines is 4. The minimum absolute atomic E-state index is 0.106. The molecule has 1 aromatic heterocycles. The molecule has 0 saturated carbocycles. The summed E-state index contributed by atoms with van der Waals surface area (Å²) in [7, 11) is 2.99. The topological polar surface area (TPSA) is 124 Å². The number of methoxy groups -OCH3 is 2. The zero-order chi connectivity index (χ0) is 23.1. The molecule has 2 aromatic carbocycles. The largest absolute Gasteiger partial charge is 0.495 e. The van der Waals surface area contributed by atoms with Crippen molar-refractivity contribution in [3.8, 4) is 11.5 Å². The van der Waals surface area contributed by atoms with Crippen LogP contribution in [0.25, 0.3) is 0 Å². The van der Waals surface area contributed by atoms with Crippen molar-refractivity contribution in [2.45, 2.75) is 12.7 Å². The van der Waals surface area contributed by atoms with Gasteiger partial charge in [-0.25, -0.2) is 0 Å². The maximum absolute atomic E-state index is 12.4. The standard InChI is InChI=1S/C21H23ClN6O3S/c1-12-6-4-5-7-14(12)25-21-27-18(26-20(23)28-21)10-32-11-19(29)24-15-9-16(30-2)13(22)8-17(15)31-3/h4-9H,10-11H2,1-3H3,(H,24,29)(H3,23,25,26,27,28). The van der Waals surface area contributed by atoms with Gasteiger partial charge in [0.05, 0.1) is 36.4 Å². The first-order valence-corrected chi connectivity index (χ1v) is 11.0. The molecule has 0 atom stereocenters. The van der Waals surface area contributed by atoms with E-state index in [-0.39, 0.29) is 17.6 Å². The summed E-state index contributed by atoms with van der Waals surface area (Å²) in [5.74, 6) is 2.12. The molecule has 3 rings (SSSR count). The number of carbonyl (C=O) groups excluding carboxylic acids is 1. The molecular weight excluding hydrogens is 452 g/mol. The molecule has 0 radical (unpaired) electrons. The van der Waals surface area contributed by atoms with Crippen LogP contribution in [0.15, 0.2) is 36.4 Å². The predicted octanol–water partition coefficient (Wildman–Crippen LogP) is 4.05. The van der Waals surface area contributed by atoms with Crippen molar-refractivity contribution in [1.29, 1.82) is 0 Å². The zero-order valence-electron chi connectivity index (χ0n) is 17.8. The van der Waals surface area contributed by atoms with Crippen molar-refractivity contribution in [2.24, 2.45) is 0 Å². The number of nitrogens with one attached hydrogen (secondary N) is 2. The molecule has 0 fully saturated rings. The van der Waals surface area contributed by atoms with Gasteiger partial charge in [-0.05, 0) is 18.6 Å². The molecule has 3 aromatic rings. The van der Waals surface area contributed by atoms with Crippen LogP contribution in [-0.4, -0.2) is 40.8 Å². The summed E-state index contributed by atoms with van der Waals surface area (Å²) in [6.07, 6.45) is 0. The molecule has 0 aliphatic rings. The van der Waals surface area contributed by atoms with Crippen LogP contribution >= 0.6 is 23.4 Å². The maximum atomic E-state index is 12.4. The molecule has 0 aliphatic heterocycles. The Bertz CT molecular complexity index is 1110. The highest BCUT2D eigenvalue weighted by atomic mass is 35.5. The molecule has 0 bridgehead atoms. The van der Waals surface area contributed by atoms with Crippen molar-refractivity contribution < 1.29 is 14.3 Å². The Morgan fingerprint density at radius 2 is 1.84 bits per heavy atom. The zero-order valence-corrected chi connectivity index (χ0v) is 19.4. The Morgan fingerprint density at radius 1 is 1.09 bits per heavy atom. The fourth-order valence-corrected chi connectivity index (χ4v) is 3.67. The van der Waals surface area contributed by atoms with Crippen LogP contribution in [0.1, 0.15) is 11.4 Å². The third-order valence-corrected chi connectivity index (χ3v) is 5.53. The number of ether oxygens (including phenoxy) is 2. The van der Waals surface area contributed by atoms with Gasteiger partial charge in [-0.1, -0.05) is 29.8 Å². The summed E-state index contributed by atoms with van der Waals surface area (Å²) < 4.78 is 10.5. The number of aryl methyl sites for hydroxylation is 1. The molecule has 11 heteroatoms. The van der Waals surface area contributed by atoms with E-state index in [2.05, 4.69) is 25.6 Å². The Labute approximate surface area is 195 Å². The number of aromatic nitrogens is 3. The Morgan fingerprint density at radius 3 is 2.56 bits per heavy atom. The van der Waals surface area contributed by atoms with Gasteiger partial charge in [0.2, 0.25) is 17.8 Å². The minimum atomic E-state index is -0.224. The molecule has 4 N–H and O–H groups in total. The SMILES string of the molecule is COc1cc(NC(=O)CSCc2nc(N)nc(Nc3ccccc3C)n2)c(OC)cc1Cl. The number of nitrogens with two attached hydrogens (primary N) is 1. The van der Waals surface area contributed by atoms with Crippen LogP contribution < -0.4 is 25.8 Å². The smallest absolute Gasteiger partial charge is 0.234 e. The lowest BCUT2D eigenvalue weighted by molar-refractivity contribution is -0.113. The number of thioether (sulfide) groups is 1. The van der Waals surface area contributed by atoms with E-state index in [1.807, 2.05) is 31.2 Å². The summed E-state index contributed by atoms with van der Waals surface area (Å²) in [4.78, 5) is 25.1. The molecule has 1 heterocycles. The van der Waals surface area contributed by atoms with Crippen LogP contribution in [0.5, 0.6) is 11.5 Å². The lowest BCUT2D eigenvalue weighted by Crippen LogP contribution is -2.15. The molecule has 168 valence electrons.